The molecule has 29 heavy (non-hydrogen) atoms. The molecule has 1 heterocycles. The average molecular weight is 411 g/mol. The van der Waals surface area contributed by atoms with Gasteiger partial charge in [-0.2, -0.15) is 0 Å². The molecule has 0 spiro atoms. The summed E-state index contributed by atoms with van der Waals surface area (Å²) in [7, 11) is 5.72. The van der Waals surface area contributed by atoms with Gasteiger partial charge in [-0.1, -0.05) is 36.0 Å². The van der Waals surface area contributed by atoms with Crippen LogP contribution in [0, 0.1) is 0 Å². The lowest BCUT2D eigenvalue weighted by Gasteiger charge is -2.14. The number of rotatable bonds is 9. The number of nitrogens with one attached hydrogen (secondary N) is 1. The summed E-state index contributed by atoms with van der Waals surface area (Å²) in [4.78, 5) is 18.9. The van der Waals surface area contributed by atoms with Gasteiger partial charge in [-0.05, 0) is 49.5 Å². The number of aromatic nitrogens is 2. The second kappa shape index (κ2) is 10.1. The van der Waals surface area contributed by atoms with Crippen molar-refractivity contribution in [2.24, 2.45) is 0 Å². The molecule has 0 saturated carbocycles. The zero-order valence-electron chi connectivity index (χ0n) is 17.0. The smallest absolute Gasteiger partial charge is 0.230 e. The predicted molar refractivity (Wildman–Crippen MR) is 117 cm³/mol. The van der Waals surface area contributed by atoms with E-state index in [1.807, 2.05) is 61.3 Å². The minimum Gasteiger partial charge on any atom is -0.497 e. The maximum atomic E-state index is 12.4. The number of hydrogen-bond acceptors (Lipinski definition) is 5. The number of carbonyl (C=O) groups is 1. The lowest BCUT2D eigenvalue weighted by Crippen LogP contribution is -2.25. The Bertz CT molecular complexity index is 938. The SMILES string of the molecule is COc1ccc(-n2ccnc2SCC(=O)NCc2ccccc2CN(C)C)cc1. The van der Waals surface area contributed by atoms with Crippen molar-refractivity contribution in [1.82, 2.24) is 19.8 Å². The zero-order chi connectivity index (χ0) is 20.6. The summed E-state index contributed by atoms with van der Waals surface area (Å²) in [6.07, 6.45) is 3.63. The van der Waals surface area contributed by atoms with E-state index in [2.05, 4.69) is 27.3 Å². The number of hydrogen-bond donors (Lipinski definition) is 1. The third-order valence-corrected chi connectivity index (χ3v) is 5.34. The van der Waals surface area contributed by atoms with E-state index in [9.17, 15) is 4.79 Å². The van der Waals surface area contributed by atoms with Crippen LogP contribution in [0.25, 0.3) is 5.69 Å². The van der Waals surface area contributed by atoms with E-state index >= 15 is 0 Å². The number of amides is 1. The van der Waals surface area contributed by atoms with Gasteiger partial charge in [0.05, 0.1) is 12.9 Å². The van der Waals surface area contributed by atoms with Crippen LogP contribution in [0.1, 0.15) is 11.1 Å². The van der Waals surface area contributed by atoms with Gasteiger partial charge < -0.3 is 15.0 Å². The van der Waals surface area contributed by atoms with Crippen LogP contribution in [0.3, 0.4) is 0 Å². The van der Waals surface area contributed by atoms with Gasteiger partial charge in [0.2, 0.25) is 5.91 Å². The van der Waals surface area contributed by atoms with Crippen LogP contribution in [-0.4, -0.2) is 47.3 Å². The molecular weight excluding hydrogens is 384 g/mol. The topological polar surface area (TPSA) is 59.4 Å². The lowest BCUT2D eigenvalue weighted by molar-refractivity contribution is -0.118. The minimum atomic E-state index is -0.0149. The number of imidazole rings is 1. The Morgan fingerprint density at radius 2 is 1.86 bits per heavy atom. The quantitative estimate of drug-likeness (QED) is 0.548. The molecule has 0 unspecified atom stereocenters. The second-order valence-electron chi connectivity index (χ2n) is 6.85. The summed E-state index contributed by atoms with van der Waals surface area (Å²) in [5.41, 5.74) is 3.34. The van der Waals surface area contributed by atoms with Gasteiger partial charge >= 0.3 is 0 Å². The number of carbonyl (C=O) groups excluding carboxylic acids is 1. The fraction of sp³-hybridized carbons (Fsp3) is 0.273. The lowest BCUT2D eigenvalue weighted by atomic mass is 10.1. The molecule has 0 atom stereocenters. The number of methoxy groups -OCH3 is 1. The maximum absolute atomic E-state index is 12.4. The highest BCUT2D eigenvalue weighted by Crippen LogP contribution is 2.22. The summed E-state index contributed by atoms with van der Waals surface area (Å²) in [6, 6.07) is 15.9. The summed E-state index contributed by atoms with van der Waals surface area (Å²) in [6.45, 7) is 1.37. The van der Waals surface area contributed by atoms with Crippen LogP contribution in [0.4, 0.5) is 0 Å². The van der Waals surface area contributed by atoms with Gasteiger partial charge in [0.1, 0.15) is 5.75 Å². The van der Waals surface area contributed by atoms with Crippen molar-refractivity contribution in [2.75, 3.05) is 27.0 Å². The third kappa shape index (κ3) is 5.85. The number of ether oxygens (including phenoxy) is 1. The molecule has 0 bridgehead atoms. The van der Waals surface area contributed by atoms with Crippen LogP contribution >= 0.6 is 11.8 Å². The average Bonchev–Trinajstić information content (AvgIpc) is 3.20. The first-order valence-electron chi connectivity index (χ1n) is 9.35. The summed E-state index contributed by atoms with van der Waals surface area (Å²) >= 11 is 1.42. The summed E-state index contributed by atoms with van der Waals surface area (Å²) in [5.74, 6) is 1.10. The molecule has 3 rings (SSSR count). The van der Waals surface area contributed by atoms with E-state index < -0.39 is 0 Å². The fourth-order valence-corrected chi connectivity index (χ4v) is 3.74. The molecule has 1 aromatic heterocycles. The molecule has 1 amide bonds. The van der Waals surface area contributed by atoms with Crippen molar-refractivity contribution >= 4 is 17.7 Å². The van der Waals surface area contributed by atoms with Gasteiger partial charge in [-0.3, -0.25) is 9.36 Å². The van der Waals surface area contributed by atoms with Crippen LogP contribution in [0.2, 0.25) is 0 Å². The molecular formula is C22H26N4O2S. The van der Waals surface area contributed by atoms with Crippen molar-refractivity contribution in [3.05, 3.63) is 72.1 Å². The van der Waals surface area contributed by atoms with Gasteiger partial charge in [0.15, 0.2) is 5.16 Å². The van der Waals surface area contributed by atoms with E-state index in [0.29, 0.717) is 12.3 Å². The molecule has 7 heteroatoms. The molecule has 3 aromatic rings. The first-order chi connectivity index (χ1) is 14.1. The van der Waals surface area contributed by atoms with Crippen LogP contribution < -0.4 is 10.1 Å². The van der Waals surface area contributed by atoms with Crippen LogP contribution in [0.15, 0.2) is 66.1 Å². The Hall–Kier alpha value is -2.77. The number of thioether (sulfide) groups is 1. The van der Waals surface area contributed by atoms with Gasteiger partial charge in [0, 0.05) is 31.2 Å². The van der Waals surface area contributed by atoms with E-state index in [4.69, 9.17) is 4.74 Å². The Balaban J connectivity index is 1.56. The van der Waals surface area contributed by atoms with Gasteiger partial charge in [-0.25, -0.2) is 4.98 Å². The van der Waals surface area contributed by atoms with E-state index in [1.54, 1.807) is 13.3 Å². The highest BCUT2D eigenvalue weighted by Gasteiger charge is 2.10. The standard InChI is InChI=1S/C22H26N4O2S/c1-25(2)15-18-7-5-4-6-17(18)14-24-21(27)16-29-22-23-12-13-26(22)19-8-10-20(28-3)11-9-19/h4-13H,14-16H2,1-3H3,(H,24,27). The van der Waals surface area contributed by atoms with Crippen molar-refractivity contribution in [3.63, 3.8) is 0 Å². The fourth-order valence-electron chi connectivity index (χ4n) is 2.94. The second-order valence-corrected chi connectivity index (χ2v) is 7.79. The Kier molecular flexibility index (Phi) is 7.32. The molecule has 6 nitrogen and oxygen atoms in total. The maximum Gasteiger partial charge on any atom is 0.230 e. The molecule has 0 aliphatic carbocycles. The zero-order valence-corrected chi connectivity index (χ0v) is 17.8. The van der Waals surface area contributed by atoms with Gasteiger partial charge in [0.25, 0.3) is 0 Å². The van der Waals surface area contributed by atoms with E-state index in [-0.39, 0.29) is 5.91 Å². The van der Waals surface area contributed by atoms with Crippen LogP contribution in [0.5, 0.6) is 5.75 Å². The summed E-state index contributed by atoms with van der Waals surface area (Å²) < 4.78 is 7.16. The molecule has 0 radical (unpaired) electrons. The predicted octanol–water partition coefficient (Wildman–Crippen LogP) is 3.35. The third-order valence-electron chi connectivity index (χ3n) is 4.37. The molecule has 2 aromatic carbocycles. The van der Waals surface area contributed by atoms with Crippen molar-refractivity contribution in [2.45, 2.75) is 18.2 Å². The highest BCUT2D eigenvalue weighted by atomic mass is 32.2. The van der Waals surface area contributed by atoms with Crippen LogP contribution in [-0.2, 0) is 17.9 Å². The largest absolute Gasteiger partial charge is 0.497 e. The molecule has 1 N–H and O–H groups in total. The number of nitrogens with zero attached hydrogens (tertiary/aromatic N) is 3. The minimum absolute atomic E-state index is 0.0149. The first-order valence-corrected chi connectivity index (χ1v) is 10.3. The Labute approximate surface area is 175 Å². The molecule has 152 valence electrons. The Morgan fingerprint density at radius 3 is 2.55 bits per heavy atom. The van der Waals surface area contributed by atoms with Crippen molar-refractivity contribution in [3.8, 4) is 11.4 Å². The normalized spacial score (nSPS) is 10.9. The van der Waals surface area contributed by atoms with Crippen molar-refractivity contribution in [1.29, 1.82) is 0 Å². The molecule has 0 fully saturated rings. The van der Waals surface area contributed by atoms with E-state index in [0.717, 1.165) is 28.7 Å². The number of benzene rings is 2. The van der Waals surface area contributed by atoms with Gasteiger partial charge in [-0.15, -0.1) is 0 Å². The molecule has 0 saturated heterocycles. The first kappa shape index (κ1) is 21.0. The molecule has 0 aliphatic heterocycles. The Morgan fingerprint density at radius 1 is 1.14 bits per heavy atom. The molecule has 0 aliphatic rings. The van der Waals surface area contributed by atoms with E-state index in [1.165, 1.54) is 17.3 Å². The highest BCUT2D eigenvalue weighted by molar-refractivity contribution is 7.99. The van der Waals surface area contributed by atoms with Crippen molar-refractivity contribution < 1.29 is 9.53 Å². The summed E-state index contributed by atoms with van der Waals surface area (Å²) in [5, 5.41) is 3.79. The monoisotopic (exact) mass is 410 g/mol.